The lowest BCUT2D eigenvalue weighted by molar-refractivity contribution is -0.120. The number of nitrogens with one attached hydrogen (secondary N) is 1. The Labute approximate surface area is 150 Å². The summed E-state index contributed by atoms with van der Waals surface area (Å²) in [6.45, 7) is 2.70. The van der Waals surface area contributed by atoms with E-state index < -0.39 is 0 Å². The molecule has 0 saturated carbocycles. The molecule has 0 saturated heterocycles. The van der Waals surface area contributed by atoms with Crippen LogP contribution in [0.5, 0.6) is 5.75 Å². The molecule has 24 heavy (non-hydrogen) atoms. The second kappa shape index (κ2) is 9.55. The van der Waals surface area contributed by atoms with Crippen molar-refractivity contribution in [3.05, 3.63) is 59.4 Å². The molecule has 2 aromatic carbocycles. The second-order valence-corrected chi connectivity index (χ2v) is 6.77. The van der Waals surface area contributed by atoms with Gasteiger partial charge in [-0.25, -0.2) is 4.39 Å². The van der Waals surface area contributed by atoms with Crippen LogP contribution in [0.4, 0.5) is 4.39 Å². The number of rotatable bonds is 8. The fraction of sp³-hybridized carbons (Fsp3) is 0.278. The second-order valence-electron chi connectivity index (χ2n) is 5.06. The van der Waals surface area contributed by atoms with Crippen LogP contribution in [0.15, 0.2) is 53.4 Å². The number of hydrogen-bond donors (Lipinski definition) is 1. The zero-order valence-corrected chi connectivity index (χ0v) is 14.9. The zero-order valence-electron chi connectivity index (χ0n) is 13.3. The van der Waals surface area contributed by atoms with Gasteiger partial charge in [-0.15, -0.1) is 11.8 Å². The van der Waals surface area contributed by atoms with Crippen LogP contribution < -0.4 is 10.1 Å². The van der Waals surface area contributed by atoms with Crippen molar-refractivity contribution < 1.29 is 13.9 Å². The molecule has 0 heterocycles. The maximum Gasteiger partial charge on any atom is 0.233 e. The molecule has 0 aliphatic carbocycles. The summed E-state index contributed by atoms with van der Waals surface area (Å²) in [6.07, 6.45) is 0.720. The van der Waals surface area contributed by atoms with Crippen molar-refractivity contribution in [2.75, 3.05) is 13.2 Å². The smallest absolute Gasteiger partial charge is 0.233 e. The van der Waals surface area contributed by atoms with Gasteiger partial charge in [-0.3, -0.25) is 4.79 Å². The number of carbonyl (C=O) groups is 1. The van der Waals surface area contributed by atoms with Gasteiger partial charge in [0.25, 0.3) is 0 Å². The summed E-state index contributed by atoms with van der Waals surface area (Å²) in [7, 11) is 0. The Kier molecular flexibility index (Phi) is 7.40. The van der Waals surface area contributed by atoms with Gasteiger partial charge in [0.1, 0.15) is 18.2 Å². The molecule has 0 aliphatic heterocycles. The van der Waals surface area contributed by atoms with Gasteiger partial charge in [0, 0.05) is 9.92 Å². The zero-order chi connectivity index (χ0) is 17.4. The molecule has 0 radical (unpaired) electrons. The molecule has 128 valence electrons. The fourth-order valence-corrected chi connectivity index (χ4v) is 3.09. The molecule has 1 atom stereocenters. The molecule has 3 nitrogen and oxygen atoms in total. The Bertz CT molecular complexity index is 649. The number of ether oxygens (including phenoxy) is 1. The lowest BCUT2D eigenvalue weighted by Gasteiger charge is -2.15. The number of carbonyl (C=O) groups excluding carboxylic acids is 1. The molecule has 0 unspecified atom stereocenters. The van der Waals surface area contributed by atoms with Crippen molar-refractivity contribution in [1.82, 2.24) is 5.32 Å². The summed E-state index contributed by atoms with van der Waals surface area (Å²) >= 11 is 7.37. The minimum absolute atomic E-state index is 0.0276. The highest BCUT2D eigenvalue weighted by Crippen LogP contribution is 2.26. The van der Waals surface area contributed by atoms with Crippen molar-refractivity contribution >= 4 is 29.3 Å². The summed E-state index contributed by atoms with van der Waals surface area (Å²) < 4.78 is 18.2. The van der Waals surface area contributed by atoms with Gasteiger partial charge >= 0.3 is 0 Å². The number of benzene rings is 2. The number of halogens is 2. The molecule has 1 amide bonds. The minimum Gasteiger partial charge on any atom is -0.492 e. The average Bonchev–Trinajstić information content (AvgIpc) is 2.59. The number of amides is 1. The van der Waals surface area contributed by atoms with E-state index in [1.54, 1.807) is 12.1 Å². The molecule has 2 aromatic rings. The van der Waals surface area contributed by atoms with Crippen LogP contribution in [0.1, 0.15) is 13.3 Å². The summed E-state index contributed by atoms with van der Waals surface area (Å²) in [5.41, 5.74) is 0. The Morgan fingerprint density at radius 3 is 2.50 bits per heavy atom. The van der Waals surface area contributed by atoms with Gasteiger partial charge in [-0.05, 0) is 55.0 Å². The van der Waals surface area contributed by atoms with E-state index in [0.717, 1.165) is 11.3 Å². The highest BCUT2D eigenvalue weighted by atomic mass is 35.5. The van der Waals surface area contributed by atoms with Crippen LogP contribution >= 0.6 is 23.4 Å². The Morgan fingerprint density at radius 2 is 1.88 bits per heavy atom. The van der Waals surface area contributed by atoms with Gasteiger partial charge in [-0.2, -0.15) is 0 Å². The van der Waals surface area contributed by atoms with E-state index in [1.807, 2.05) is 31.2 Å². The Morgan fingerprint density at radius 1 is 1.21 bits per heavy atom. The normalized spacial score (nSPS) is 11.8. The van der Waals surface area contributed by atoms with Crippen molar-refractivity contribution in [3.8, 4) is 5.75 Å². The van der Waals surface area contributed by atoms with E-state index in [9.17, 15) is 9.18 Å². The van der Waals surface area contributed by atoms with Crippen LogP contribution in [0.3, 0.4) is 0 Å². The van der Waals surface area contributed by atoms with Gasteiger partial charge in [0.2, 0.25) is 5.91 Å². The van der Waals surface area contributed by atoms with Gasteiger partial charge < -0.3 is 10.1 Å². The standard InChI is InChI=1S/C18H19ClFNO2S/c1-2-17(24-16-9-3-13(19)4-10-16)18(22)21-11-12-23-15-7-5-14(20)6-8-15/h3-10,17H,2,11-12H2,1H3,(H,21,22)/t17-/m1/s1. The SMILES string of the molecule is CC[C@@H](Sc1ccc(Cl)cc1)C(=O)NCCOc1ccc(F)cc1. The first-order valence-corrected chi connectivity index (χ1v) is 8.92. The van der Waals surface area contributed by atoms with Crippen LogP contribution in [0, 0.1) is 5.82 Å². The van der Waals surface area contributed by atoms with E-state index in [0.29, 0.717) is 23.9 Å². The van der Waals surface area contributed by atoms with Crippen LogP contribution in [0.25, 0.3) is 0 Å². The van der Waals surface area contributed by atoms with Crippen molar-refractivity contribution in [2.45, 2.75) is 23.5 Å². The predicted molar refractivity (Wildman–Crippen MR) is 96.3 cm³/mol. The van der Waals surface area contributed by atoms with Crippen LogP contribution in [-0.2, 0) is 4.79 Å². The molecule has 0 fully saturated rings. The van der Waals surface area contributed by atoms with E-state index in [4.69, 9.17) is 16.3 Å². The molecule has 0 aromatic heterocycles. The lowest BCUT2D eigenvalue weighted by atomic mass is 10.3. The van der Waals surface area contributed by atoms with E-state index >= 15 is 0 Å². The minimum atomic E-state index is -0.305. The molecule has 0 bridgehead atoms. The quantitative estimate of drug-likeness (QED) is 0.549. The molecule has 6 heteroatoms. The average molecular weight is 368 g/mol. The lowest BCUT2D eigenvalue weighted by Crippen LogP contribution is -2.35. The summed E-state index contributed by atoms with van der Waals surface area (Å²) in [5.74, 6) is 0.244. The van der Waals surface area contributed by atoms with Gasteiger partial charge in [0.15, 0.2) is 0 Å². The Balaban J connectivity index is 1.75. The Hall–Kier alpha value is -1.72. The first-order chi connectivity index (χ1) is 11.6. The summed E-state index contributed by atoms with van der Waals surface area (Å²) in [5, 5.41) is 3.37. The molecule has 2 rings (SSSR count). The monoisotopic (exact) mass is 367 g/mol. The van der Waals surface area contributed by atoms with Gasteiger partial charge in [-0.1, -0.05) is 18.5 Å². The first kappa shape index (κ1) is 18.6. The van der Waals surface area contributed by atoms with Crippen molar-refractivity contribution in [2.24, 2.45) is 0 Å². The van der Waals surface area contributed by atoms with Crippen molar-refractivity contribution in [3.63, 3.8) is 0 Å². The van der Waals surface area contributed by atoms with Crippen LogP contribution in [0.2, 0.25) is 5.02 Å². The third-order valence-corrected chi connectivity index (χ3v) is 4.87. The summed E-state index contributed by atoms with van der Waals surface area (Å²) in [4.78, 5) is 13.2. The molecular formula is C18H19ClFNO2S. The third kappa shape index (κ3) is 6.06. The highest BCUT2D eigenvalue weighted by molar-refractivity contribution is 8.00. The van der Waals surface area contributed by atoms with Crippen LogP contribution in [-0.4, -0.2) is 24.3 Å². The number of hydrogen-bond acceptors (Lipinski definition) is 3. The molecule has 0 aliphatic rings. The number of thioether (sulfide) groups is 1. The van der Waals surface area contributed by atoms with E-state index in [-0.39, 0.29) is 17.0 Å². The largest absolute Gasteiger partial charge is 0.492 e. The maximum absolute atomic E-state index is 12.8. The highest BCUT2D eigenvalue weighted by Gasteiger charge is 2.17. The molecule has 0 spiro atoms. The topological polar surface area (TPSA) is 38.3 Å². The predicted octanol–water partition coefficient (Wildman–Crippen LogP) is 4.55. The van der Waals surface area contributed by atoms with E-state index in [2.05, 4.69) is 5.32 Å². The van der Waals surface area contributed by atoms with Gasteiger partial charge in [0.05, 0.1) is 11.8 Å². The van der Waals surface area contributed by atoms with E-state index in [1.165, 1.54) is 23.9 Å². The van der Waals surface area contributed by atoms with Crippen molar-refractivity contribution in [1.29, 1.82) is 0 Å². The molecular weight excluding hydrogens is 349 g/mol. The third-order valence-electron chi connectivity index (χ3n) is 3.24. The fourth-order valence-electron chi connectivity index (χ4n) is 1.99. The maximum atomic E-state index is 12.8. The molecule has 1 N–H and O–H groups in total. The summed E-state index contributed by atoms with van der Waals surface area (Å²) in [6, 6.07) is 13.2. The first-order valence-electron chi connectivity index (χ1n) is 7.67.